The maximum absolute atomic E-state index is 7.25. The molecule has 0 atom stereocenters. The first kappa shape index (κ1) is 33.7. The molecule has 11 rings (SSSR count). The molecule has 3 heterocycles. The van der Waals surface area contributed by atoms with Crippen LogP contribution in [0.1, 0.15) is 0 Å². The van der Waals surface area contributed by atoms with E-state index in [9.17, 15) is 0 Å². The van der Waals surface area contributed by atoms with Gasteiger partial charge >= 0.3 is 13.8 Å². The molecular weight excluding hydrogens is 710 g/mol. The van der Waals surface area contributed by atoms with E-state index in [2.05, 4.69) is 155 Å². The van der Waals surface area contributed by atoms with Crippen LogP contribution in [0.4, 0.5) is 0 Å². The van der Waals surface area contributed by atoms with E-state index in [-0.39, 0.29) is 0 Å². The minimum atomic E-state index is -0.402. The average Bonchev–Trinajstić information content (AvgIpc) is 3.88. The molecule has 0 saturated heterocycles. The molecule has 272 valence electrons. The molecule has 0 saturated carbocycles. The van der Waals surface area contributed by atoms with E-state index in [0.29, 0.717) is 0 Å². The molecule has 0 fully saturated rings. The molecule has 8 heteroatoms. The third kappa shape index (κ3) is 5.69. The van der Waals surface area contributed by atoms with Gasteiger partial charge in [0.25, 0.3) is 0 Å². The predicted molar refractivity (Wildman–Crippen MR) is 237 cm³/mol. The normalized spacial score (nSPS) is 12.1. The van der Waals surface area contributed by atoms with Crippen molar-refractivity contribution in [3.63, 3.8) is 0 Å². The van der Waals surface area contributed by atoms with Crippen molar-refractivity contribution in [3.8, 4) is 45.6 Å². The molecule has 8 aromatic carbocycles. The zero-order valence-corrected chi connectivity index (χ0v) is 31.4. The number of rotatable bonds is 8. The van der Waals surface area contributed by atoms with Crippen LogP contribution in [-0.4, -0.2) is 32.9 Å². The number of fused-ring (bicyclic) bond motifs is 4. The Labute approximate surface area is 336 Å². The van der Waals surface area contributed by atoms with Crippen molar-refractivity contribution in [2.24, 2.45) is 0 Å². The first-order valence-corrected chi connectivity index (χ1v) is 19.6. The van der Waals surface area contributed by atoms with Gasteiger partial charge in [-0.25, -0.2) is 9.97 Å². The Hall–Kier alpha value is -7.57. The summed E-state index contributed by atoms with van der Waals surface area (Å²) in [5, 5.41) is 0. The standard InChI is InChI=1S/C50H34B2N4O2/c1-3-19-35(20-4-1)55-45-31-15-13-29-43(45)53-49(55)37-23-7-17-33-47(37)57-51-39-25-9-11-27-41(39)52(42-28-12-10-26-40(42)51)58-48-34-18-8-24-38(48)50-54-44-30-14-16-32-46(44)56(50)36-21-5-2-6-22-36/h1-34H. The quantitative estimate of drug-likeness (QED) is 0.147. The molecule has 0 N–H and O–H groups in total. The average molecular weight is 744 g/mol. The van der Waals surface area contributed by atoms with Gasteiger partial charge in [0.05, 0.1) is 33.2 Å². The van der Waals surface area contributed by atoms with Gasteiger partial charge in [-0.1, -0.05) is 133 Å². The van der Waals surface area contributed by atoms with Gasteiger partial charge in [-0.3, -0.25) is 9.13 Å². The fourth-order valence-electron chi connectivity index (χ4n) is 8.42. The summed E-state index contributed by atoms with van der Waals surface area (Å²) in [6.07, 6.45) is 0. The molecule has 0 bridgehead atoms. The summed E-state index contributed by atoms with van der Waals surface area (Å²) in [5.74, 6) is 3.13. The highest BCUT2D eigenvalue weighted by Crippen LogP contribution is 2.36. The van der Waals surface area contributed by atoms with Crippen LogP contribution in [-0.2, 0) is 0 Å². The van der Waals surface area contributed by atoms with Gasteiger partial charge in [0.15, 0.2) is 0 Å². The molecule has 0 unspecified atom stereocenters. The Balaban J connectivity index is 1.02. The van der Waals surface area contributed by atoms with Crippen LogP contribution in [0.2, 0.25) is 0 Å². The maximum Gasteiger partial charge on any atom is 0.425 e. The molecular formula is C50H34B2N4O2. The second kappa shape index (κ2) is 14.2. The van der Waals surface area contributed by atoms with Crippen LogP contribution < -0.4 is 31.2 Å². The van der Waals surface area contributed by atoms with Crippen LogP contribution >= 0.6 is 0 Å². The summed E-state index contributed by atoms with van der Waals surface area (Å²) in [4.78, 5) is 10.4. The lowest BCUT2D eigenvalue weighted by Crippen LogP contribution is -2.72. The van der Waals surface area contributed by atoms with Crippen LogP contribution in [0.25, 0.3) is 56.2 Å². The van der Waals surface area contributed by atoms with Crippen molar-refractivity contribution in [2.75, 3.05) is 0 Å². The Kier molecular flexibility index (Phi) is 8.25. The molecule has 1 aliphatic rings. The van der Waals surface area contributed by atoms with Crippen molar-refractivity contribution < 1.29 is 9.31 Å². The van der Waals surface area contributed by atoms with Gasteiger partial charge in [0.2, 0.25) is 0 Å². The Bertz CT molecular complexity index is 2850. The lowest BCUT2D eigenvalue weighted by molar-refractivity contribution is 0.586. The fraction of sp³-hybridized carbons (Fsp3) is 0. The number of hydrogen-bond donors (Lipinski definition) is 0. The Morgan fingerprint density at radius 1 is 0.328 bits per heavy atom. The van der Waals surface area contributed by atoms with Crippen molar-refractivity contribution >= 4 is 57.7 Å². The van der Waals surface area contributed by atoms with Crippen LogP contribution in [0.5, 0.6) is 11.5 Å². The molecule has 6 nitrogen and oxygen atoms in total. The first-order valence-electron chi connectivity index (χ1n) is 19.6. The monoisotopic (exact) mass is 744 g/mol. The lowest BCUT2D eigenvalue weighted by Gasteiger charge is -2.31. The Morgan fingerprint density at radius 2 is 0.655 bits per heavy atom. The van der Waals surface area contributed by atoms with E-state index >= 15 is 0 Å². The summed E-state index contributed by atoms with van der Waals surface area (Å²) in [6, 6.07) is 70.7. The van der Waals surface area contributed by atoms with E-state index in [0.717, 1.165) is 89.6 Å². The minimum Gasteiger partial charge on any atom is -0.551 e. The molecule has 1 aliphatic heterocycles. The van der Waals surface area contributed by atoms with Crippen molar-refractivity contribution in [1.29, 1.82) is 0 Å². The van der Waals surface area contributed by atoms with E-state index < -0.39 is 13.8 Å². The number of imidazole rings is 2. The smallest absolute Gasteiger partial charge is 0.425 e. The first-order chi connectivity index (χ1) is 28.8. The lowest BCUT2D eigenvalue weighted by atomic mass is 9.36. The summed E-state index contributed by atoms with van der Waals surface area (Å²) in [7, 11) is 0. The third-order valence-corrected chi connectivity index (χ3v) is 11.0. The topological polar surface area (TPSA) is 54.1 Å². The number of para-hydroxylation sites is 8. The van der Waals surface area contributed by atoms with Crippen LogP contribution in [0.3, 0.4) is 0 Å². The highest BCUT2D eigenvalue weighted by molar-refractivity contribution is 6.98. The van der Waals surface area contributed by atoms with Crippen molar-refractivity contribution in [2.45, 2.75) is 0 Å². The molecule has 0 aliphatic carbocycles. The number of aromatic nitrogens is 4. The van der Waals surface area contributed by atoms with Gasteiger partial charge in [-0.15, -0.1) is 0 Å². The zero-order chi connectivity index (χ0) is 38.4. The Morgan fingerprint density at radius 3 is 1.07 bits per heavy atom. The number of benzene rings is 8. The van der Waals surface area contributed by atoms with Gasteiger partial charge in [0, 0.05) is 11.4 Å². The van der Waals surface area contributed by atoms with E-state index in [4.69, 9.17) is 19.3 Å². The highest BCUT2D eigenvalue weighted by Gasteiger charge is 2.42. The molecule has 0 amide bonds. The largest absolute Gasteiger partial charge is 0.551 e. The molecule has 0 radical (unpaired) electrons. The molecule has 58 heavy (non-hydrogen) atoms. The SMILES string of the molecule is c1ccc(-n2c(-c3ccccc3OB3c4ccccc4B(Oc4ccccc4-c4nc5ccccc5n4-c4ccccc4)c4ccccc43)nc3ccccc32)cc1. The summed E-state index contributed by atoms with van der Waals surface area (Å²) in [5.41, 5.74) is 12.0. The fourth-order valence-corrected chi connectivity index (χ4v) is 8.42. The summed E-state index contributed by atoms with van der Waals surface area (Å²) in [6.45, 7) is -0.805. The maximum atomic E-state index is 7.25. The van der Waals surface area contributed by atoms with Crippen molar-refractivity contribution in [1.82, 2.24) is 19.1 Å². The minimum absolute atomic E-state index is 0.402. The zero-order valence-electron chi connectivity index (χ0n) is 31.4. The predicted octanol–water partition coefficient (Wildman–Crippen LogP) is 8.38. The number of nitrogens with zero attached hydrogens (tertiary/aromatic N) is 4. The van der Waals surface area contributed by atoms with E-state index in [1.807, 2.05) is 60.7 Å². The highest BCUT2D eigenvalue weighted by atomic mass is 16.4. The van der Waals surface area contributed by atoms with E-state index in [1.165, 1.54) is 0 Å². The molecule has 0 spiro atoms. The summed E-state index contributed by atoms with van der Waals surface area (Å²) >= 11 is 0. The van der Waals surface area contributed by atoms with Gasteiger partial charge < -0.3 is 9.31 Å². The molecule has 2 aromatic heterocycles. The molecule has 10 aromatic rings. The summed E-state index contributed by atoms with van der Waals surface area (Å²) < 4.78 is 18.9. The second-order valence-corrected chi connectivity index (χ2v) is 14.4. The van der Waals surface area contributed by atoms with Gasteiger partial charge in [-0.05, 0) is 94.6 Å². The van der Waals surface area contributed by atoms with Gasteiger partial charge in [-0.2, -0.15) is 0 Å². The third-order valence-electron chi connectivity index (χ3n) is 11.0. The van der Waals surface area contributed by atoms with Gasteiger partial charge in [0.1, 0.15) is 23.1 Å². The second-order valence-electron chi connectivity index (χ2n) is 14.4. The van der Waals surface area contributed by atoms with E-state index in [1.54, 1.807) is 0 Å². The van der Waals surface area contributed by atoms with Crippen molar-refractivity contribution in [3.05, 3.63) is 206 Å². The van der Waals surface area contributed by atoms with Crippen LogP contribution in [0.15, 0.2) is 206 Å². The number of hydrogen-bond acceptors (Lipinski definition) is 4. The van der Waals surface area contributed by atoms with Crippen LogP contribution in [0, 0.1) is 0 Å².